The lowest BCUT2D eigenvalue weighted by Crippen LogP contribution is -2.56. The SMILES string of the molecule is CC(C)(C)Cc1nc2cc(S(=O)(=O)C3CN(S(C)(=O)=O)C3)ccc2n1CCOC(F)(F)F. The van der Waals surface area contributed by atoms with E-state index >= 15 is 0 Å². The molecule has 0 saturated carbocycles. The minimum absolute atomic E-state index is 0.00153. The van der Waals surface area contributed by atoms with Crippen molar-refractivity contribution in [1.29, 1.82) is 0 Å². The summed E-state index contributed by atoms with van der Waals surface area (Å²) in [5.41, 5.74) is 0.636. The van der Waals surface area contributed by atoms with Crippen LogP contribution in [0.4, 0.5) is 13.2 Å². The molecule has 1 saturated heterocycles. The smallest absolute Gasteiger partial charge is 0.326 e. The van der Waals surface area contributed by atoms with Gasteiger partial charge in [0.25, 0.3) is 0 Å². The Kier molecular flexibility index (Phi) is 6.44. The fraction of sp³-hybridized carbons (Fsp3) is 0.632. The van der Waals surface area contributed by atoms with Crippen molar-refractivity contribution in [3.05, 3.63) is 24.0 Å². The molecule has 1 aliphatic rings. The second kappa shape index (κ2) is 8.26. The molecule has 0 amide bonds. The van der Waals surface area contributed by atoms with Gasteiger partial charge in [-0.25, -0.2) is 21.8 Å². The van der Waals surface area contributed by atoms with E-state index in [9.17, 15) is 30.0 Å². The number of halogens is 3. The maximum Gasteiger partial charge on any atom is 0.522 e. The third-order valence-electron chi connectivity index (χ3n) is 5.12. The highest BCUT2D eigenvalue weighted by Crippen LogP contribution is 2.30. The van der Waals surface area contributed by atoms with Gasteiger partial charge in [-0.2, -0.15) is 4.31 Å². The standard InChI is InChI=1S/C19H26F3N3O5S2/c1-18(2,3)10-17-23-15-9-13(32(28,29)14-11-24(12-14)31(4,26)27)5-6-16(15)25(17)7-8-30-19(20,21)22/h5-6,9,14H,7-8,10-12H2,1-4H3. The first-order valence-corrected chi connectivity index (χ1v) is 13.3. The van der Waals surface area contributed by atoms with Gasteiger partial charge in [0.1, 0.15) is 5.82 Å². The molecule has 1 aliphatic heterocycles. The predicted octanol–water partition coefficient (Wildman–Crippen LogP) is 2.58. The number of hydrogen-bond donors (Lipinski definition) is 0. The number of sulfone groups is 1. The fourth-order valence-corrected chi connectivity index (χ4v) is 6.27. The summed E-state index contributed by atoms with van der Waals surface area (Å²) >= 11 is 0. The average Bonchev–Trinajstić information content (AvgIpc) is 2.85. The molecule has 3 rings (SSSR count). The topological polar surface area (TPSA) is 98.6 Å². The predicted molar refractivity (Wildman–Crippen MR) is 112 cm³/mol. The number of fused-ring (bicyclic) bond motifs is 1. The van der Waals surface area contributed by atoms with Crippen LogP contribution in [0.15, 0.2) is 23.1 Å². The molecule has 0 unspecified atom stereocenters. The number of rotatable bonds is 7. The van der Waals surface area contributed by atoms with E-state index in [1.165, 1.54) is 18.2 Å². The number of ether oxygens (including phenoxy) is 1. The van der Waals surface area contributed by atoms with E-state index < -0.39 is 38.1 Å². The first-order valence-electron chi connectivity index (χ1n) is 9.86. The molecule has 0 aliphatic carbocycles. The second-order valence-corrected chi connectivity index (χ2v) is 13.3. The Hall–Kier alpha value is -1.70. The van der Waals surface area contributed by atoms with E-state index in [1.807, 2.05) is 20.8 Å². The van der Waals surface area contributed by atoms with Gasteiger partial charge in [0, 0.05) is 26.1 Å². The molecule has 2 heterocycles. The van der Waals surface area contributed by atoms with E-state index in [0.717, 1.165) is 10.6 Å². The Bertz CT molecular complexity index is 1210. The lowest BCUT2D eigenvalue weighted by molar-refractivity contribution is -0.325. The lowest BCUT2D eigenvalue weighted by atomic mass is 9.92. The minimum Gasteiger partial charge on any atom is -0.326 e. The Balaban J connectivity index is 1.92. The van der Waals surface area contributed by atoms with Crippen molar-refractivity contribution >= 4 is 30.9 Å². The first kappa shape index (κ1) is 24.9. The number of aromatic nitrogens is 2. The van der Waals surface area contributed by atoms with E-state index in [2.05, 4.69) is 9.72 Å². The van der Waals surface area contributed by atoms with Crippen LogP contribution >= 0.6 is 0 Å². The van der Waals surface area contributed by atoms with Crippen LogP contribution in [-0.2, 0) is 37.6 Å². The van der Waals surface area contributed by atoms with Crippen LogP contribution in [0, 0.1) is 5.41 Å². The summed E-state index contributed by atoms with van der Waals surface area (Å²) < 4.78 is 92.8. The van der Waals surface area contributed by atoms with Gasteiger partial charge in [-0.1, -0.05) is 20.8 Å². The van der Waals surface area contributed by atoms with E-state index in [-0.39, 0.29) is 29.9 Å². The van der Waals surface area contributed by atoms with Crippen molar-refractivity contribution in [3.63, 3.8) is 0 Å². The van der Waals surface area contributed by atoms with Gasteiger partial charge in [-0.3, -0.25) is 4.74 Å². The molecule has 8 nitrogen and oxygen atoms in total. The molecule has 1 fully saturated rings. The highest BCUT2D eigenvalue weighted by atomic mass is 32.2. The van der Waals surface area contributed by atoms with E-state index in [1.54, 1.807) is 4.57 Å². The summed E-state index contributed by atoms with van der Waals surface area (Å²) in [6, 6.07) is 4.29. The van der Waals surface area contributed by atoms with Crippen molar-refractivity contribution in [2.24, 2.45) is 5.41 Å². The second-order valence-electron chi connectivity index (χ2n) is 9.11. The maximum atomic E-state index is 12.9. The zero-order chi connectivity index (χ0) is 24.1. The summed E-state index contributed by atoms with van der Waals surface area (Å²) in [4.78, 5) is 4.50. The number of benzene rings is 1. The normalized spacial score (nSPS) is 17.1. The third kappa shape index (κ3) is 5.61. The van der Waals surface area contributed by atoms with Gasteiger partial charge in [0.2, 0.25) is 10.0 Å². The van der Waals surface area contributed by atoms with Crippen molar-refractivity contribution in [1.82, 2.24) is 13.9 Å². The highest BCUT2D eigenvalue weighted by molar-refractivity contribution is 7.92. The molecule has 0 atom stereocenters. The summed E-state index contributed by atoms with van der Waals surface area (Å²) in [5.74, 6) is 0.528. The quantitative estimate of drug-likeness (QED) is 0.583. The number of imidazole rings is 1. The van der Waals surface area contributed by atoms with E-state index in [0.29, 0.717) is 23.3 Å². The lowest BCUT2D eigenvalue weighted by Gasteiger charge is -2.36. The summed E-state index contributed by atoms with van der Waals surface area (Å²) in [7, 11) is -7.24. The average molecular weight is 498 g/mol. The maximum absolute atomic E-state index is 12.9. The first-order chi connectivity index (χ1) is 14.5. The zero-order valence-corrected chi connectivity index (χ0v) is 19.8. The van der Waals surface area contributed by atoms with E-state index in [4.69, 9.17) is 0 Å². The third-order valence-corrected chi connectivity index (χ3v) is 8.44. The molecule has 180 valence electrons. The van der Waals surface area contributed by atoms with Crippen LogP contribution in [-0.4, -0.2) is 68.3 Å². The van der Waals surface area contributed by atoms with Gasteiger partial charge in [-0.15, -0.1) is 13.2 Å². The number of nitrogens with zero attached hydrogens (tertiary/aromatic N) is 3. The molecule has 2 aromatic rings. The van der Waals surface area contributed by atoms with Crippen LogP contribution in [0.3, 0.4) is 0 Å². The summed E-state index contributed by atoms with van der Waals surface area (Å²) in [5, 5.41) is -0.856. The van der Waals surface area contributed by atoms with Crippen LogP contribution in [0.25, 0.3) is 11.0 Å². The molecular weight excluding hydrogens is 471 g/mol. The van der Waals surface area contributed by atoms with Gasteiger partial charge in [-0.05, 0) is 23.6 Å². The van der Waals surface area contributed by atoms with Crippen molar-refractivity contribution in [2.45, 2.75) is 50.2 Å². The monoisotopic (exact) mass is 497 g/mol. The van der Waals surface area contributed by atoms with Crippen LogP contribution < -0.4 is 0 Å². The van der Waals surface area contributed by atoms with Crippen LogP contribution in [0.5, 0.6) is 0 Å². The van der Waals surface area contributed by atoms with Crippen molar-refractivity contribution in [3.8, 4) is 0 Å². The summed E-state index contributed by atoms with van der Waals surface area (Å²) in [6.07, 6.45) is -3.26. The molecule has 32 heavy (non-hydrogen) atoms. The molecule has 0 bridgehead atoms. The van der Waals surface area contributed by atoms with Crippen molar-refractivity contribution < 1.29 is 34.7 Å². The Morgan fingerprint density at radius 3 is 2.28 bits per heavy atom. The highest BCUT2D eigenvalue weighted by Gasteiger charge is 2.42. The zero-order valence-electron chi connectivity index (χ0n) is 18.2. The Morgan fingerprint density at radius 2 is 1.75 bits per heavy atom. The van der Waals surface area contributed by atoms with Crippen molar-refractivity contribution in [2.75, 3.05) is 26.0 Å². The molecule has 0 spiro atoms. The molecule has 1 aromatic heterocycles. The molecule has 13 heteroatoms. The minimum atomic E-state index is -4.75. The van der Waals surface area contributed by atoms with Gasteiger partial charge < -0.3 is 4.57 Å². The molecule has 0 N–H and O–H groups in total. The van der Waals surface area contributed by atoms with Crippen LogP contribution in [0.2, 0.25) is 0 Å². The Morgan fingerprint density at radius 1 is 1.12 bits per heavy atom. The Labute approximate surface area is 185 Å². The van der Waals surface area contributed by atoms with Gasteiger partial charge in [0.15, 0.2) is 9.84 Å². The number of alkyl halides is 3. The number of sulfonamides is 1. The van der Waals surface area contributed by atoms with Crippen LogP contribution in [0.1, 0.15) is 26.6 Å². The van der Waals surface area contributed by atoms with Gasteiger partial charge >= 0.3 is 6.36 Å². The molecule has 0 radical (unpaired) electrons. The number of hydrogen-bond acceptors (Lipinski definition) is 6. The molecule has 1 aromatic carbocycles. The molecular formula is C19H26F3N3O5S2. The fourth-order valence-electron chi connectivity index (χ4n) is 3.51. The summed E-state index contributed by atoms with van der Waals surface area (Å²) in [6.45, 7) is 4.96. The van der Waals surface area contributed by atoms with Gasteiger partial charge in [0.05, 0.1) is 34.0 Å². The largest absolute Gasteiger partial charge is 0.522 e.